The van der Waals surface area contributed by atoms with E-state index in [1.165, 1.54) is 24.0 Å². The third kappa shape index (κ3) is 2.87. The van der Waals surface area contributed by atoms with Crippen molar-refractivity contribution >= 4 is 0 Å². The number of benzene rings is 1. The number of hydrogen-bond donors (Lipinski definition) is 0. The van der Waals surface area contributed by atoms with Gasteiger partial charge in [-0.2, -0.15) is 0 Å². The molecule has 0 unspecified atom stereocenters. The molecule has 0 aromatic heterocycles. The Morgan fingerprint density at radius 1 is 1.12 bits per heavy atom. The molecule has 0 nitrogen and oxygen atoms in total. The van der Waals surface area contributed by atoms with Crippen molar-refractivity contribution in [2.24, 2.45) is 0 Å². The Kier molecular flexibility index (Phi) is 4.18. The molecule has 1 aromatic rings. The van der Waals surface area contributed by atoms with Crippen LogP contribution in [0.5, 0.6) is 0 Å². The lowest BCUT2D eigenvalue weighted by Crippen LogP contribution is -2.16. The SMILES string of the molecule is CCCc1c(C(C)C)cccc1C(C)(C)C. The smallest absolute Gasteiger partial charge is 0.0129 e. The van der Waals surface area contributed by atoms with Gasteiger partial charge in [0.25, 0.3) is 0 Å². The Balaban J connectivity index is 3.32. The molecule has 1 aromatic carbocycles. The Morgan fingerprint density at radius 3 is 2.19 bits per heavy atom. The zero-order chi connectivity index (χ0) is 12.3. The van der Waals surface area contributed by atoms with Crippen molar-refractivity contribution in [3.63, 3.8) is 0 Å². The van der Waals surface area contributed by atoms with Gasteiger partial charge >= 0.3 is 0 Å². The average Bonchev–Trinajstić information content (AvgIpc) is 2.16. The molecule has 0 aliphatic rings. The Labute approximate surface area is 101 Å². The molecular formula is C16H26. The second kappa shape index (κ2) is 5.03. The first-order chi connectivity index (χ1) is 7.38. The first kappa shape index (κ1) is 13.3. The van der Waals surface area contributed by atoms with Crippen LogP contribution in [0.3, 0.4) is 0 Å². The van der Waals surface area contributed by atoms with Crippen LogP contribution in [0.2, 0.25) is 0 Å². The lowest BCUT2D eigenvalue weighted by atomic mass is 9.79. The van der Waals surface area contributed by atoms with E-state index in [0.717, 1.165) is 0 Å². The fraction of sp³-hybridized carbons (Fsp3) is 0.625. The van der Waals surface area contributed by atoms with Crippen molar-refractivity contribution in [1.82, 2.24) is 0 Å². The summed E-state index contributed by atoms with van der Waals surface area (Å²) < 4.78 is 0. The van der Waals surface area contributed by atoms with E-state index in [-0.39, 0.29) is 5.41 Å². The molecule has 0 atom stereocenters. The van der Waals surface area contributed by atoms with Gasteiger partial charge in [0, 0.05) is 0 Å². The largest absolute Gasteiger partial charge is 0.0651 e. The highest BCUT2D eigenvalue weighted by Gasteiger charge is 2.20. The molecule has 90 valence electrons. The molecule has 0 heterocycles. The lowest BCUT2D eigenvalue weighted by Gasteiger charge is -2.26. The number of hydrogen-bond acceptors (Lipinski definition) is 0. The van der Waals surface area contributed by atoms with E-state index in [2.05, 4.69) is 59.7 Å². The fourth-order valence-electron chi connectivity index (χ4n) is 2.38. The third-order valence-corrected chi connectivity index (χ3v) is 3.14. The minimum Gasteiger partial charge on any atom is -0.0651 e. The molecule has 0 spiro atoms. The Morgan fingerprint density at radius 2 is 1.75 bits per heavy atom. The summed E-state index contributed by atoms with van der Waals surface area (Å²) >= 11 is 0. The fourth-order valence-corrected chi connectivity index (χ4v) is 2.38. The zero-order valence-electron chi connectivity index (χ0n) is 11.7. The molecule has 0 bridgehead atoms. The molecule has 0 N–H and O–H groups in total. The Hall–Kier alpha value is -0.780. The van der Waals surface area contributed by atoms with E-state index in [1.807, 2.05) is 0 Å². The van der Waals surface area contributed by atoms with Crippen LogP contribution < -0.4 is 0 Å². The minimum absolute atomic E-state index is 0.259. The maximum absolute atomic E-state index is 2.31. The van der Waals surface area contributed by atoms with Crippen LogP contribution in [0.1, 0.15) is 70.6 Å². The normalized spacial score (nSPS) is 12.2. The van der Waals surface area contributed by atoms with Gasteiger partial charge in [0.05, 0.1) is 0 Å². The summed E-state index contributed by atoms with van der Waals surface area (Å²) in [5, 5.41) is 0. The van der Waals surface area contributed by atoms with Gasteiger partial charge in [0.2, 0.25) is 0 Å². The van der Waals surface area contributed by atoms with Crippen LogP contribution in [-0.2, 0) is 11.8 Å². The summed E-state index contributed by atoms with van der Waals surface area (Å²) in [5.41, 5.74) is 4.91. The van der Waals surface area contributed by atoms with Gasteiger partial charge in [0.15, 0.2) is 0 Å². The maximum atomic E-state index is 2.31. The van der Waals surface area contributed by atoms with E-state index in [0.29, 0.717) is 5.92 Å². The van der Waals surface area contributed by atoms with Gasteiger partial charge in [-0.05, 0) is 34.4 Å². The summed E-state index contributed by atoms with van der Waals surface area (Å²) in [6.45, 7) is 13.8. The summed E-state index contributed by atoms with van der Waals surface area (Å²) in [6, 6.07) is 6.82. The monoisotopic (exact) mass is 218 g/mol. The van der Waals surface area contributed by atoms with Gasteiger partial charge in [0.1, 0.15) is 0 Å². The number of rotatable bonds is 3. The van der Waals surface area contributed by atoms with Crippen molar-refractivity contribution in [2.75, 3.05) is 0 Å². The van der Waals surface area contributed by atoms with Crippen LogP contribution in [0.4, 0.5) is 0 Å². The van der Waals surface area contributed by atoms with Crippen LogP contribution in [0.25, 0.3) is 0 Å². The molecule has 16 heavy (non-hydrogen) atoms. The summed E-state index contributed by atoms with van der Waals surface area (Å²) in [6.07, 6.45) is 2.44. The standard InChI is InChI=1S/C16H26/c1-7-9-14-13(12(2)3)10-8-11-15(14)16(4,5)6/h8,10-12H,7,9H2,1-6H3. The zero-order valence-corrected chi connectivity index (χ0v) is 11.7. The van der Waals surface area contributed by atoms with E-state index < -0.39 is 0 Å². The highest BCUT2D eigenvalue weighted by molar-refractivity contribution is 5.41. The summed E-state index contributed by atoms with van der Waals surface area (Å²) in [5.74, 6) is 0.629. The molecule has 0 heteroatoms. The second-order valence-electron chi connectivity index (χ2n) is 6.03. The van der Waals surface area contributed by atoms with E-state index >= 15 is 0 Å². The van der Waals surface area contributed by atoms with Crippen LogP contribution >= 0.6 is 0 Å². The molecular weight excluding hydrogens is 192 g/mol. The van der Waals surface area contributed by atoms with Crippen LogP contribution in [0, 0.1) is 0 Å². The molecule has 0 radical (unpaired) electrons. The average molecular weight is 218 g/mol. The minimum atomic E-state index is 0.259. The molecule has 0 saturated heterocycles. The summed E-state index contributed by atoms with van der Waals surface area (Å²) in [4.78, 5) is 0. The quantitative estimate of drug-likeness (QED) is 0.665. The van der Waals surface area contributed by atoms with Crippen molar-refractivity contribution in [3.05, 3.63) is 34.9 Å². The first-order valence-electron chi connectivity index (χ1n) is 6.50. The molecule has 1 rings (SSSR count). The highest BCUT2D eigenvalue weighted by atomic mass is 14.2. The van der Waals surface area contributed by atoms with E-state index in [9.17, 15) is 0 Å². The van der Waals surface area contributed by atoms with Gasteiger partial charge < -0.3 is 0 Å². The van der Waals surface area contributed by atoms with Crippen molar-refractivity contribution in [1.29, 1.82) is 0 Å². The van der Waals surface area contributed by atoms with Crippen LogP contribution in [-0.4, -0.2) is 0 Å². The van der Waals surface area contributed by atoms with Crippen molar-refractivity contribution in [3.8, 4) is 0 Å². The van der Waals surface area contributed by atoms with Crippen LogP contribution in [0.15, 0.2) is 18.2 Å². The van der Waals surface area contributed by atoms with E-state index in [4.69, 9.17) is 0 Å². The van der Waals surface area contributed by atoms with Crippen molar-refractivity contribution < 1.29 is 0 Å². The van der Waals surface area contributed by atoms with Gasteiger partial charge in [-0.1, -0.05) is 66.2 Å². The van der Waals surface area contributed by atoms with Gasteiger partial charge in [-0.25, -0.2) is 0 Å². The lowest BCUT2D eigenvalue weighted by molar-refractivity contribution is 0.578. The molecule has 0 amide bonds. The predicted molar refractivity (Wildman–Crippen MR) is 73.2 cm³/mol. The first-order valence-corrected chi connectivity index (χ1v) is 6.50. The van der Waals surface area contributed by atoms with Gasteiger partial charge in [-0.15, -0.1) is 0 Å². The third-order valence-electron chi connectivity index (χ3n) is 3.14. The highest BCUT2D eigenvalue weighted by Crippen LogP contribution is 2.31. The molecule has 0 saturated carbocycles. The molecule has 0 aliphatic carbocycles. The summed E-state index contributed by atoms with van der Waals surface area (Å²) in [7, 11) is 0. The predicted octanol–water partition coefficient (Wildman–Crippen LogP) is 5.06. The van der Waals surface area contributed by atoms with E-state index in [1.54, 1.807) is 5.56 Å². The molecule has 0 aliphatic heterocycles. The Bertz CT molecular complexity index is 340. The molecule has 0 fully saturated rings. The topological polar surface area (TPSA) is 0 Å². The van der Waals surface area contributed by atoms with Crippen molar-refractivity contribution in [2.45, 2.75) is 65.7 Å². The van der Waals surface area contributed by atoms with Gasteiger partial charge in [-0.3, -0.25) is 0 Å². The maximum Gasteiger partial charge on any atom is -0.0129 e. The second-order valence-corrected chi connectivity index (χ2v) is 6.03.